The van der Waals surface area contributed by atoms with Crippen molar-refractivity contribution in [1.82, 2.24) is 19.8 Å². The van der Waals surface area contributed by atoms with E-state index in [9.17, 15) is 14.7 Å². The second kappa shape index (κ2) is 13.2. The zero-order valence-electron chi connectivity index (χ0n) is 25.1. The van der Waals surface area contributed by atoms with Crippen molar-refractivity contribution >= 4 is 22.8 Å². The number of aliphatic hydroxyl groups is 1. The van der Waals surface area contributed by atoms with Crippen LogP contribution in [-0.2, 0) is 9.53 Å². The molecule has 2 aromatic rings. The first-order valence-corrected chi connectivity index (χ1v) is 15.8. The monoisotopic (exact) mass is 567 g/mol. The number of hydrogen-bond acceptors (Lipinski definition) is 8. The zero-order valence-corrected chi connectivity index (χ0v) is 25.1. The molecule has 3 heterocycles. The van der Waals surface area contributed by atoms with Crippen molar-refractivity contribution in [2.45, 2.75) is 127 Å². The van der Waals surface area contributed by atoms with Gasteiger partial charge in [-0.15, -0.1) is 0 Å². The van der Waals surface area contributed by atoms with Gasteiger partial charge in [-0.1, -0.05) is 44.2 Å². The van der Waals surface area contributed by atoms with E-state index in [1.807, 2.05) is 28.8 Å². The van der Waals surface area contributed by atoms with Crippen LogP contribution >= 0.6 is 0 Å². The molecular formula is C32H49N5O4. The number of anilines is 1. The molecule has 0 amide bonds. The minimum atomic E-state index is -0.823. The maximum Gasteiger partial charge on any atom is 0.326 e. The van der Waals surface area contributed by atoms with Crippen molar-refractivity contribution < 1.29 is 14.6 Å². The Morgan fingerprint density at radius 3 is 2.29 bits per heavy atom. The highest BCUT2D eigenvalue weighted by Gasteiger charge is 2.44. The van der Waals surface area contributed by atoms with Crippen molar-refractivity contribution in [3.63, 3.8) is 0 Å². The maximum atomic E-state index is 13.9. The number of benzene rings is 1. The summed E-state index contributed by atoms with van der Waals surface area (Å²) in [6.45, 7) is 5.77. The first-order chi connectivity index (χ1) is 19.7. The minimum absolute atomic E-state index is 0.0849. The van der Waals surface area contributed by atoms with E-state index >= 15 is 0 Å². The van der Waals surface area contributed by atoms with Gasteiger partial charge in [-0.2, -0.15) is 0 Å². The number of fused-ring (bicyclic) bond motifs is 3. The van der Waals surface area contributed by atoms with Crippen LogP contribution in [0.25, 0.3) is 11.0 Å². The Balaban J connectivity index is 1.29. The molecule has 3 aliphatic rings. The fourth-order valence-electron chi connectivity index (χ4n) is 7.38. The summed E-state index contributed by atoms with van der Waals surface area (Å²) in [5.74, 6) is -0.162. The molecule has 3 N–H and O–H groups in total. The molecule has 2 aliphatic heterocycles. The van der Waals surface area contributed by atoms with Crippen molar-refractivity contribution in [1.29, 1.82) is 0 Å². The number of carbonyl (C=O) groups excluding carboxylic acids is 1. The highest BCUT2D eigenvalue weighted by Crippen LogP contribution is 2.44. The Hall–Kier alpha value is -2.49. The third kappa shape index (κ3) is 7.12. The van der Waals surface area contributed by atoms with Crippen LogP contribution in [0.5, 0.6) is 0 Å². The predicted octanol–water partition coefficient (Wildman–Crippen LogP) is 4.38. The van der Waals surface area contributed by atoms with Crippen LogP contribution < -0.4 is 16.2 Å². The number of nitrogens with zero attached hydrogens (tertiary/aromatic N) is 3. The number of aliphatic hydroxyl groups excluding tert-OH is 1. The first kappa shape index (κ1) is 30.0. The Morgan fingerprint density at radius 2 is 1.63 bits per heavy atom. The van der Waals surface area contributed by atoms with Gasteiger partial charge in [0.05, 0.1) is 17.6 Å². The van der Waals surface area contributed by atoms with Gasteiger partial charge < -0.3 is 25.0 Å². The average molecular weight is 568 g/mol. The number of aromatic nitrogens is 2. The molecule has 4 atom stereocenters. The molecule has 0 radical (unpaired) electrons. The summed E-state index contributed by atoms with van der Waals surface area (Å²) in [5, 5.41) is 15.9. The van der Waals surface area contributed by atoms with E-state index in [-0.39, 0.29) is 18.2 Å². The van der Waals surface area contributed by atoms with Gasteiger partial charge in [-0.05, 0) is 71.4 Å². The number of rotatable bonds is 9. The van der Waals surface area contributed by atoms with Crippen LogP contribution in [0, 0.1) is 0 Å². The zero-order chi connectivity index (χ0) is 29.0. The topological polar surface area (TPSA) is 109 Å². The third-order valence-corrected chi connectivity index (χ3v) is 9.10. The Morgan fingerprint density at radius 1 is 0.976 bits per heavy atom. The summed E-state index contributed by atoms with van der Waals surface area (Å²) >= 11 is 0. The smallest absolute Gasteiger partial charge is 0.326 e. The molecular weight excluding hydrogens is 518 g/mol. The van der Waals surface area contributed by atoms with Gasteiger partial charge in [-0.25, -0.2) is 4.98 Å². The van der Waals surface area contributed by atoms with E-state index in [0.29, 0.717) is 37.0 Å². The summed E-state index contributed by atoms with van der Waals surface area (Å²) in [6, 6.07) is 9.06. The lowest BCUT2D eigenvalue weighted by atomic mass is 9.89. The van der Waals surface area contributed by atoms with E-state index in [2.05, 4.69) is 20.5 Å². The van der Waals surface area contributed by atoms with Crippen molar-refractivity contribution in [3.05, 3.63) is 34.6 Å². The number of esters is 1. The van der Waals surface area contributed by atoms with Crippen LogP contribution in [0.1, 0.15) is 97.4 Å². The van der Waals surface area contributed by atoms with Crippen molar-refractivity contribution in [2.24, 2.45) is 0 Å². The van der Waals surface area contributed by atoms with Gasteiger partial charge in [0.15, 0.2) is 5.82 Å². The molecule has 41 heavy (non-hydrogen) atoms. The van der Waals surface area contributed by atoms with E-state index < -0.39 is 17.6 Å². The molecule has 1 aromatic carbocycles. The highest BCUT2D eigenvalue weighted by molar-refractivity contribution is 5.77. The summed E-state index contributed by atoms with van der Waals surface area (Å²) in [7, 11) is 0. The van der Waals surface area contributed by atoms with Gasteiger partial charge >= 0.3 is 5.97 Å². The number of piperidine rings is 1. The van der Waals surface area contributed by atoms with Gasteiger partial charge in [0.25, 0.3) is 5.56 Å². The Kier molecular flexibility index (Phi) is 9.66. The SMILES string of the molecule is CC(C)(C)OC(=O)C(CO)NCCNc1nc2ccccc2n(C2C[C@H]3CC[C@@H](C2)N3C2CCCCCCC2)c1=O. The van der Waals surface area contributed by atoms with Gasteiger partial charge in [-0.3, -0.25) is 14.5 Å². The van der Waals surface area contributed by atoms with Crippen molar-refractivity contribution in [2.75, 3.05) is 25.0 Å². The van der Waals surface area contributed by atoms with E-state index in [1.165, 1.54) is 57.8 Å². The van der Waals surface area contributed by atoms with E-state index in [0.717, 1.165) is 23.9 Å². The Bertz CT molecular complexity index is 1220. The van der Waals surface area contributed by atoms with Gasteiger partial charge in [0.1, 0.15) is 11.6 Å². The quantitative estimate of drug-likeness (QED) is 0.303. The molecule has 2 unspecified atom stereocenters. The lowest BCUT2D eigenvalue weighted by Gasteiger charge is -2.45. The standard InChI is InChI=1S/C32H49N5O4/c1-32(2,3)41-31(40)27(21-38)33-17-18-34-29-30(39)37(28-14-10-9-13-26(28)35-29)25-19-23-15-16-24(20-25)36(23)22-11-7-5-4-6-8-12-22/h9-10,13-14,22-25,27,33,38H,4-8,11-12,15-21H2,1-3H3,(H,34,35)/t23-,24+,25?,27?. The number of ether oxygens (including phenoxy) is 1. The van der Waals surface area contributed by atoms with E-state index in [1.54, 1.807) is 20.8 Å². The molecule has 0 spiro atoms. The fraction of sp³-hybridized carbons (Fsp3) is 0.719. The normalized spacial score (nSPS) is 25.0. The molecule has 9 nitrogen and oxygen atoms in total. The predicted molar refractivity (Wildman–Crippen MR) is 162 cm³/mol. The number of nitrogens with one attached hydrogen (secondary N) is 2. The summed E-state index contributed by atoms with van der Waals surface area (Å²) in [6.07, 6.45) is 13.9. The molecule has 226 valence electrons. The average Bonchev–Trinajstić information content (AvgIpc) is 3.16. The third-order valence-electron chi connectivity index (χ3n) is 9.10. The number of hydrogen-bond donors (Lipinski definition) is 3. The van der Waals surface area contributed by atoms with Crippen LogP contribution in [0.2, 0.25) is 0 Å². The van der Waals surface area contributed by atoms with Crippen LogP contribution in [0.15, 0.2) is 29.1 Å². The minimum Gasteiger partial charge on any atom is -0.459 e. The lowest BCUT2D eigenvalue weighted by molar-refractivity contribution is -0.158. The van der Waals surface area contributed by atoms with Crippen LogP contribution in [-0.4, -0.2) is 75.0 Å². The second-order valence-electron chi connectivity index (χ2n) is 13.2. The molecule has 1 saturated carbocycles. The fourth-order valence-corrected chi connectivity index (χ4v) is 7.38. The molecule has 9 heteroatoms. The summed E-state index contributed by atoms with van der Waals surface area (Å²) < 4.78 is 7.40. The van der Waals surface area contributed by atoms with Crippen LogP contribution in [0.4, 0.5) is 5.82 Å². The second-order valence-corrected chi connectivity index (χ2v) is 13.2. The molecule has 5 rings (SSSR count). The van der Waals surface area contributed by atoms with E-state index in [4.69, 9.17) is 4.74 Å². The summed E-state index contributed by atoms with van der Waals surface area (Å²) in [5.41, 5.74) is 0.989. The lowest BCUT2D eigenvalue weighted by Crippen LogP contribution is -2.50. The molecule has 2 bridgehead atoms. The van der Waals surface area contributed by atoms with Gasteiger partial charge in [0.2, 0.25) is 0 Å². The van der Waals surface area contributed by atoms with Crippen molar-refractivity contribution in [3.8, 4) is 0 Å². The summed E-state index contributed by atoms with van der Waals surface area (Å²) in [4.78, 5) is 33.8. The number of carbonyl (C=O) groups is 1. The van der Waals surface area contributed by atoms with Crippen LogP contribution in [0.3, 0.4) is 0 Å². The molecule has 3 fully saturated rings. The Labute approximate surface area is 244 Å². The number of para-hydroxylation sites is 2. The molecule has 1 aliphatic carbocycles. The maximum absolute atomic E-state index is 13.9. The largest absolute Gasteiger partial charge is 0.459 e. The molecule has 1 aromatic heterocycles. The molecule has 2 saturated heterocycles. The van der Waals surface area contributed by atoms with Gasteiger partial charge in [0, 0.05) is 37.3 Å². The first-order valence-electron chi connectivity index (χ1n) is 15.8. The highest BCUT2D eigenvalue weighted by atomic mass is 16.6.